The van der Waals surface area contributed by atoms with E-state index in [-0.39, 0.29) is 5.91 Å². The lowest BCUT2D eigenvalue weighted by Gasteiger charge is -2.25. The molecule has 3 rings (SSSR count). The maximum Gasteiger partial charge on any atom is 0.259 e. The summed E-state index contributed by atoms with van der Waals surface area (Å²) in [5.41, 5.74) is 3.53. The van der Waals surface area contributed by atoms with Gasteiger partial charge in [-0.15, -0.1) is 11.8 Å². The van der Waals surface area contributed by atoms with Crippen LogP contribution in [0.4, 0.5) is 11.5 Å². The number of aromatic nitrogens is 1. The molecule has 1 aromatic heterocycles. The van der Waals surface area contributed by atoms with Gasteiger partial charge >= 0.3 is 0 Å². The van der Waals surface area contributed by atoms with Crippen LogP contribution >= 0.6 is 11.8 Å². The van der Waals surface area contributed by atoms with Crippen molar-refractivity contribution in [3.63, 3.8) is 0 Å². The van der Waals surface area contributed by atoms with Gasteiger partial charge in [0.25, 0.3) is 5.91 Å². The van der Waals surface area contributed by atoms with Crippen LogP contribution in [0.3, 0.4) is 0 Å². The summed E-state index contributed by atoms with van der Waals surface area (Å²) in [6, 6.07) is 9.92. The number of nitrogens with one attached hydrogen (secondary N) is 1. The van der Waals surface area contributed by atoms with E-state index in [1.165, 1.54) is 12.8 Å². The summed E-state index contributed by atoms with van der Waals surface area (Å²) in [6.07, 6.45) is 6.86. The van der Waals surface area contributed by atoms with Gasteiger partial charge in [0.15, 0.2) is 0 Å². The second-order valence-corrected chi connectivity index (χ2v) is 7.73. The van der Waals surface area contributed by atoms with Crippen molar-refractivity contribution >= 4 is 29.2 Å². The minimum atomic E-state index is -0.0851. The van der Waals surface area contributed by atoms with Crippen molar-refractivity contribution in [2.24, 2.45) is 0 Å². The molecule has 0 atom stereocenters. The quantitative estimate of drug-likeness (QED) is 0.766. The lowest BCUT2D eigenvalue weighted by atomic mass is 10.1. The zero-order valence-corrected chi connectivity index (χ0v) is 16.7. The van der Waals surface area contributed by atoms with Crippen molar-refractivity contribution in [2.75, 3.05) is 29.6 Å². The van der Waals surface area contributed by atoms with Crippen LogP contribution in [0.25, 0.3) is 0 Å². The molecule has 1 N–H and O–H groups in total. The Kier molecular flexibility index (Phi) is 6.20. The third-order valence-electron chi connectivity index (χ3n) is 4.92. The Morgan fingerprint density at radius 3 is 2.54 bits per heavy atom. The molecule has 0 bridgehead atoms. The number of hydrogen-bond acceptors (Lipinski definition) is 4. The Morgan fingerprint density at radius 1 is 1.12 bits per heavy atom. The summed E-state index contributed by atoms with van der Waals surface area (Å²) < 4.78 is 0. The van der Waals surface area contributed by atoms with Crippen LogP contribution in [-0.2, 0) is 0 Å². The van der Waals surface area contributed by atoms with Crippen molar-refractivity contribution in [1.29, 1.82) is 0 Å². The van der Waals surface area contributed by atoms with E-state index >= 15 is 0 Å². The zero-order valence-electron chi connectivity index (χ0n) is 15.8. The molecular formula is C21H27N3OS. The second-order valence-electron chi connectivity index (χ2n) is 6.85. The van der Waals surface area contributed by atoms with E-state index in [0.717, 1.165) is 53.6 Å². The fourth-order valence-corrected chi connectivity index (χ4v) is 3.74. The van der Waals surface area contributed by atoms with E-state index in [1.807, 2.05) is 50.4 Å². The first-order valence-electron chi connectivity index (χ1n) is 9.27. The highest BCUT2D eigenvalue weighted by Crippen LogP contribution is 2.26. The molecule has 26 heavy (non-hydrogen) atoms. The lowest BCUT2D eigenvalue weighted by molar-refractivity contribution is 0.102. The van der Waals surface area contributed by atoms with Gasteiger partial charge in [-0.2, -0.15) is 0 Å². The first-order valence-corrected chi connectivity index (χ1v) is 10.5. The molecule has 0 radical (unpaired) electrons. The predicted octanol–water partition coefficient (Wildman–Crippen LogP) is 5.05. The van der Waals surface area contributed by atoms with Crippen LogP contribution in [0.15, 0.2) is 35.2 Å². The average Bonchev–Trinajstić information content (AvgIpc) is 2.93. The summed E-state index contributed by atoms with van der Waals surface area (Å²) in [7, 11) is 0. The van der Waals surface area contributed by atoms with E-state index in [9.17, 15) is 4.79 Å². The highest BCUT2D eigenvalue weighted by atomic mass is 32.2. The van der Waals surface area contributed by atoms with Gasteiger partial charge in [-0.25, -0.2) is 4.98 Å². The molecule has 2 aromatic rings. The summed E-state index contributed by atoms with van der Waals surface area (Å²) in [4.78, 5) is 21.3. The van der Waals surface area contributed by atoms with Crippen LogP contribution in [0.1, 0.15) is 47.3 Å². The molecule has 1 aliphatic heterocycles. The van der Waals surface area contributed by atoms with Crippen LogP contribution < -0.4 is 10.2 Å². The number of benzene rings is 1. The molecule has 138 valence electrons. The molecule has 4 nitrogen and oxygen atoms in total. The standard InChI is InChI=1S/C21H27N3OS/c1-15-13-19(21(25)23-17-9-8-10-18(14-17)26-3)20(22-16(15)2)24-11-6-4-5-7-12-24/h8-10,13-14H,4-7,11-12H2,1-3H3,(H,23,25). The van der Waals surface area contributed by atoms with Gasteiger partial charge in [0.05, 0.1) is 5.56 Å². The van der Waals surface area contributed by atoms with Gasteiger partial charge in [-0.3, -0.25) is 4.79 Å². The fraction of sp³-hybridized carbons (Fsp3) is 0.429. The predicted molar refractivity (Wildman–Crippen MR) is 111 cm³/mol. The highest BCUT2D eigenvalue weighted by molar-refractivity contribution is 7.98. The zero-order chi connectivity index (χ0) is 18.5. The fourth-order valence-electron chi connectivity index (χ4n) is 3.28. The second kappa shape index (κ2) is 8.58. The molecule has 0 spiro atoms. The number of rotatable bonds is 4. The third kappa shape index (κ3) is 4.39. The van der Waals surface area contributed by atoms with Gasteiger partial charge in [0.2, 0.25) is 0 Å². The van der Waals surface area contributed by atoms with E-state index in [0.29, 0.717) is 5.56 Å². The molecule has 1 aromatic carbocycles. The van der Waals surface area contributed by atoms with Gasteiger partial charge < -0.3 is 10.2 Å². The van der Waals surface area contributed by atoms with Gasteiger partial charge in [-0.1, -0.05) is 18.9 Å². The van der Waals surface area contributed by atoms with Crippen molar-refractivity contribution in [1.82, 2.24) is 4.98 Å². The van der Waals surface area contributed by atoms with Gasteiger partial charge in [-0.05, 0) is 62.8 Å². The Labute approximate surface area is 160 Å². The van der Waals surface area contributed by atoms with Crippen molar-refractivity contribution < 1.29 is 4.79 Å². The smallest absolute Gasteiger partial charge is 0.259 e. The first-order chi connectivity index (χ1) is 12.6. The Bertz CT molecular complexity index is 783. The molecule has 2 heterocycles. The van der Waals surface area contributed by atoms with Crippen LogP contribution in [0.5, 0.6) is 0 Å². The number of anilines is 2. The van der Waals surface area contributed by atoms with Crippen LogP contribution in [0, 0.1) is 13.8 Å². The maximum absolute atomic E-state index is 13.0. The summed E-state index contributed by atoms with van der Waals surface area (Å²) in [5.74, 6) is 0.742. The summed E-state index contributed by atoms with van der Waals surface area (Å²) in [6.45, 7) is 5.97. The Hall–Kier alpha value is -2.01. The topological polar surface area (TPSA) is 45.2 Å². The number of thioether (sulfide) groups is 1. The normalized spacial score (nSPS) is 14.8. The number of carbonyl (C=O) groups is 1. The molecule has 1 saturated heterocycles. The molecule has 5 heteroatoms. The molecule has 0 unspecified atom stereocenters. The maximum atomic E-state index is 13.0. The largest absolute Gasteiger partial charge is 0.356 e. The molecule has 0 saturated carbocycles. The monoisotopic (exact) mass is 369 g/mol. The average molecular weight is 370 g/mol. The highest BCUT2D eigenvalue weighted by Gasteiger charge is 2.21. The molecule has 1 amide bonds. The SMILES string of the molecule is CSc1cccc(NC(=O)c2cc(C)c(C)nc2N2CCCCCC2)c1. The van der Waals surface area contributed by atoms with Crippen LogP contribution in [0.2, 0.25) is 0 Å². The minimum absolute atomic E-state index is 0.0851. The van der Waals surface area contributed by atoms with Crippen molar-refractivity contribution in [3.8, 4) is 0 Å². The van der Waals surface area contributed by atoms with Gasteiger partial charge in [0, 0.05) is 29.4 Å². The molecule has 0 aliphatic carbocycles. The van der Waals surface area contributed by atoms with E-state index in [4.69, 9.17) is 4.98 Å². The van der Waals surface area contributed by atoms with E-state index < -0.39 is 0 Å². The first kappa shape index (κ1) is 18.8. The number of aryl methyl sites for hydroxylation is 2. The molecule has 1 aliphatic rings. The Morgan fingerprint density at radius 2 is 1.85 bits per heavy atom. The Balaban J connectivity index is 1.91. The van der Waals surface area contributed by atoms with E-state index in [1.54, 1.807) is 11.8 Å². The number of amides is 1. The van der Waals surface area contributed by atoms with E-state index in [2.05, 4.69) is 10.2 Å². The minimum Gasteiger partial charge on any atom is -0.356 e. The van der Waals surface area contributed by atoms with Gasteiger partial charge in [0.1, 0.15) is 5.82 Å². The molecule has 1 fully saturated rings. The van der Waals surface area contributed by atoms with Crippen molar-refractivity contribution in [3.05, 3.63) is 47.2 Å². The number of pyridine rings is 1. The number of carbonyl (C=O) groups excluding carboxylic acids is 1. The summed E-state index contributed by atoms with van der Waals surface area (Å²) >= 11 is 1.67. The number of hydrogen-bond donors (Lipinski definition) is 1. The summed E-state index contributed by atoms with van der Waals surface area (Å²) in [5, 5.41) is 3.06. The third-order valence-corrected chi connectivity index (χ3v) is 5.65. The number of nitrogens with zero attached hydrogens (tertiary/aromatic N) is 2. The van der Waals surface area contributed by atoms with Crippen LogP contribution in [-0.4, -0.2) is 30.2 Å². The van der Waals surface area contributed by atoms with Crippen molar-refractivity contribution in [2.45, 2.75) is 44.4 Å². The molecular weight excluding hydrogens is 342 g/mol. The lowest BCUT2D eigenvalue weighted by Crippen LogP contribution is -2.28.